The van der Waals surface area contributed by atoms with E-state index >= 15 is 0 Å². The second-order valence-corrected chi connectivity index (χ2v) is 4.62. The average molecular weight is 264 g/mol. The van der Waals surface area contributed by atoms with Crippen LogP contribution in [-0.2, 0) is 4.74 Å². The van der Waals surface area contributed by atoms with Crippen molar-refractivity contribution in [3.8, 4) is 0 Å². The summed E-state index contributed by atoms with van der Waals surface area (Å²) in [5, 5.41) is 5.77. The minimum atomic E-state index is -0.189. The molecule has 2 heterocycles. The molecular formula is C13H20N4O2. The Morgan fingerprint density at radius 1 is 1.53 bits per heavy atom. The molecule has 2 N–H and O–H groups in total. The van der Waals surface area contributed by atoms with Crippen LogP contribution in [-0.4, -0.2) is 42.2 Å². The summed E-state index contributed by atoms with van der Waals surface area (Å²) in [5.41, 5.74) is 0.332. The molecule has 2 rings (SSSR count). The van der Waals surface area contributed by atoms with Gasteiger partial charge >= 0.3 is 0 Å². The van der Waals surface area contributed by atoms with Gasteiger partial charge in [0.15, 0.2) is 0 Å². The number of ether oxygens (including phenoxy) is 1. The van der Waals surface area contributed by atoms with Gasteiger partial charge in [-0.2, -0.15) is 0 Å². The number of amides is 1. The van der Waals surface area contributed by atoms with Crippen LogP contribution < -0.4 is 10.6 Å². The molecule has 104 valence electrons. The molecule has 1 fully saturated rings. The van der Waals surface area contributed by atoms with Gasteiger partial charge in [-0.3, -0.25) is 9.78 Å². The Kier molecular flexibility index (Phi) is 4.68. The summed E-state index contributed by atoms with van der Waals surface area (Å²) in [6.45, 7) is 3.52. The van der Waals surface area contributed by atoms with Crippen molar-refractivity contribution in [1.82, 2.24) is 15.3 Å². The Hall–Kier alpha value is -1.69. The molecule has 1 saturated heterocycles. The molecule has 0 bridgehead atoms. The Bertz CT molecular complexity index is 438. The standard InChI is InChI=1S/C13H20N4O2/c1-3-11-9(4-5-19-11)6-16-13(18)10-7-15-8-12(14-2)17-10/h7-9,11H,3-6H2,1-2H3,(H,14,17)(H,16,18). The second kappa shape index (κ2) is 6.47. The van der Waals surface area contributed by atoms with E-state index < -0.39 is 0 Å². The van der Waals surface area contributed by atoms with Crippen LogP contribution in [0.2, 0.25) is 0 Å². The van der Waals surface area contributed by atoms with Gasteiger partial charge in [-0.05, 0) is 12.8 Å². The third-order valence-electron chi connectivity index (χ3n) is 3.40. The number of hydrogen-bond acceptors (Lipinski definition) is 5. The summed E-state index contributed by atoms with van der Waals surface area (Å²) < 4.78 is 5.60. The van der Waals surface area contributed by atoms with E-state index in [2.05, 4.69) is 27.5 Å². The third-order valence-corrected chi connectivity index (χ3v) is 3.40. The van der Waals surface area contributed by atoms with E-state index in [1.807, 2.05) is 0 Å². The fourth-order valence-corrected chi connectivity index (χ4v) is 2.29. The van der Waals surface area contributed by atoms with Crippen LogP contribution in [0.15, 0.2) is 12.4 Å². The van der Waals surface area contributed by atoms with E-state index in [1.165, 1.54) is 6.20 Å². The van der Waals surface area contributed by atoms with Gasteiger partial charge in [-0.15, -0.1) is 0 Å². The van der Waals surface area contributed by atoms with Crippen molar-refractivity contribution in [3.05, 3.63) is 18.1 Å². The SMILES string of the molecule is CCC1OCCC1CNC(=O)c1cncc(NC)n1. The predicted octanol–water partition coefficient (Wildman–Crippen LogP) is 1.06. The first-order chi connectivity index (χ1) is 9.24. The fourth-order valence-electron chi connectivity index (χ4n) is 2.29. The molecule has 0 saturated carbocycles. The lowest BCUT2D eigenvalue weighted by molar-refractivity contribution is 0.0825. The van der Waals surface area contributed by atoms with Crippen molar-refractivity contribution in [2.45, 2.75) is 25.9 Å². The molecule has 19 heavy (non-hydrogen) atoms. The van der Waals surface area contributed by atoms with Gasteiger partial charge in [0, 0.05) is 26.1 Å². The van der Waals surface area contributed by atoms with Gasteiger partial charge in [0.25, 0.3) is 5.91 Å². The van der Waals surface area contributed by atoms with E-state index in [-0.39, 0.29) is 12.0 Å². The first-order valence-corrected chi connectivity index (χ1v) is 6.64. The number of aromatic nitrogens is 2. The van der Waals surface area contributed by atoms with Crippen molar-refractivity contribution in [2.24, 2.45) is 5.92 Å². The number of carbonyl (C=O) groups is 1. The van der Waals surface area contributed by atoms with Crippen LogP contribution >= 0.6 is 0 Å². The number of nitrogens with zero attached hydrogens (tertiary/aromatic N) is 2. The highest BCUT2D eigenvalue weighted by Gasteiger charge is 2.27. The van der Waals surface area contributed by atoms with Gasteiger partial charge in [0.1, 0.15) is 11.5 Å². The molecule has 1 amide bonds. The largest absolute Gasteiger partial charge is 0.378 e. The lowest BCUT2D eigenvalue weighted by atomic mass is 10.00. The number of carbonyl (C=O) groups excluding carboxylic acids is 1. The molecule has 1 aromatic heterocycles. The molecular weight excluding hydrogens is 244 g/mol. The lowest BCUT2D eigenvalue weighted by Crippen LogP contribution is -2.33. The summed E-state index contributed by atoms with van der Waals surface area (Å²) >= 11 is 0. The molecule has 1 aromatic rings. The molecule has 0 radical (unpaired) electrons. The van der Waals surface area contributed by atoms with E-state index in [9.17, 15) is 4.79 Å². The maximum atomic E-state index is 12.0. The molecule has 2 atom stereocenters. The first kappa shape index (κ1) is 13.7. The van der Waals surface area contributed by atoms with Gasteiger partial charge < -0.3 is 15.4 Å². The minimum absolute atomic E-state index is 0.189. The predicted molar refractivity (Wildman–Crippen MR) is 72.0 cm³/mol. The summed E-state index contributed by atoms with van der Waals surface area (Å²) in [6, 6.07) is 0. The highest BCUT2D eigenvalue weighted by Crippen LogP contribution is 2.22. The lowest BCUT2D eigenvalue weighted by Gasteiger charge is -2.17. The Labute approximate surface area is 113 Å². The van der Waals surface area contributed by atoms with Crippen LogP contribution in [0.1, 0.15) is 30.3 Å². The molecule has 0 aromatic carbocycles. The number of nitrogens with one attached hydrogen (secondary N) is 2. The van der Waals surface area contributed by atoms with Crippen LogP contribution in [0, 0.1) is 5.92 Å². The molecule has 6 heteroatoms. The highest BCUT2D eigenvalue weighted by molar-refractivity contribution is 5.92. The van der Waals surface area contributed by atoms with Gasteiger partial charge in [-0.25, -0.2) is 4.98 Å². The number of anilines is 1. The topological polar surface area (TPSA) is 76.1 Å². The summed E-state index contributed by atoms with van der Waals surface area (Å²) in [4.78, 5) is 20.1. The maximum Gasteiger partial charge on any atom is 0.271 e. The molecule has 0 aliphatic carbocycles. The van der Waals surface area contributed by atoms with Crippen molar-refractivity contribution in [3.63, 3.8) is 0 Å². The normalized spacial score (nSPS) is 22.2. The summed E-state index contributed by atoms with van der Waals surface area (Å²) in [5.74, 6) is 0.795. The average Bonchev–Trinajstić information content (AvgIpc) is 2.92. The first-order valence-electron chi connectivity index (χ1n) is 6.64. The van der Waals surface area contributed by atoms with E-state index in [0.717, 1.165) is 19.4 Å². The Morgan fingerprint density at radius 2 is 2.37 bits per heavy atom. The zero-order chi connectivity index (χ0) is 13.7. The molecule has 1 aliphatic heterocycles. The minimum Gasteiger partial charge on any atom is -0.378 e. The van der Waals surface area contributed by atoms with Gasteiger partial charge in [0.2, 0.25) is 0 Å². The molecule has 1 aliphatic rings. The zero-order valence-electron chi connectivity index (χ0n) is 11.3. The van der Waals surface area contributed by atoms with E-state index in [4.69, 9.17) is 4.74 Å². The Morgan fingerprint density at radius 3 is 3.11 bits per heavy atom. The van der Waals surface area contributed by atoms with E-state index in [1.54, 1.807) is 13.2 Å². The third kappa shape index (κ3) is 3.41. The van der Waals surface area contributed by atoms with E-state index in [0.29, 0.717) is 24.0 Å². The highest BCUT2D eigenvalue weighted by atomic mass is 16.5. The smallest absolute Gasteiger partial charge is 0.271 e. The molecule has 6 nitrogen and oxygen atoms in total. The van der Waals surface area contributed by atoms with Gasteiger partial charge in [-0.1, -0.05) is 6.92 Å². The second-order valence-electron chi connectivity index (χ2n) is 4.62. The molecule has 0 spiro atoms. The monoisotopic (exact) mass is 264 g/mol. The fraction of sp³-hybridized carbons (Fsp3) is 0.615. The Balaban J connectivity index is 1.90. The van der Waals surface area contributed by atoms with Crippen molar-refractivity contribution in [1.29, 1.82) is 0 Å². The van der Waals surface area contributed by atoms with Gasteiger partial charge in [0.05, 0.1) is 18.5 Å². The van der Waals surface area contributed by atoms with Crippen molar-refractivity contribution >= 4 is 11.7 Å². The zero-order valence-corrected chi connectivity index (χ0v) is 11.3. The van der Waals surface area contributed by atoms with Crippen molar-refractivity contribution in [2.75, 3.05) is 25.5 Å². The summed E-state index contributed by atoms with van der Waals surface area (Å²) in [6.07, 6.45) is 5.29. The van der Waals surface area contributed by atoms with Crippen LogP contribution in [0.4, 0.5) is 5.82 Å². The van der Waals surface area contributed by atoms with Crippen LogP contribution in [0.3, 0.4) is 0 Å². The number of hydrogen-bond donors (Lipinski definition) is 2. The van der Waals surface area contributed by atoms with Crippen LogP contribution in [0.5, 0.6) is 0 Å². The van der Waals surface area contributed by atoms with Crippen LogP contribution in [0.25, 0.3) is 0 Å². The number of rotatable bonds is 5. The molecule has 2 unspecified atom stereocenters. The van der Waals surface area contributed by atoms with Crippen molar-refractivity contribution < 1.29 is 9.53 Å². The summed E-state index contributed by atoms with van der Waals surface area (Å²) in [7, 11) is 1.74. The maximum absolute atomic E-state index is 12.0. The quantitative estimate of drug-likeness (QED) is 0.831.